The Kier molecular flexibility index (Phi) is 17.6. The maximum atomic E-state index is 13.5. The first-order chi connectivity index (χ1) is 36.5. The van der Waals surface area contributed by atoms with E-state index in [1.807, 2.05) is 36.7 Å². The second-order valence-corrected chi connectivity index (χ2v) is 28.2. The number of primary sulfonamides is 1. The third-order valence-corrected chi connectivity index (χ3v) is 19.0. The van der Waals surface area contributed by atoms with Crippen LogP contribution in [0.25, 0.3) is 42.7 Å². The molecule has 0 spiro atoms. The number of esters is 1. The summed E-state index contributed by atoms with van der Waals surface area (Å²) in [6, 6.07) is 10.9. The van der Waals surface area contributed by atoms with Gasteiger partial charge in [0.05, 0.1) is 75.8 Å². The molecule has 0 radical (unpaired) electrons. The van der Waals surface area contributed by atoms with Gasteiger partial charge < -0.3 is 23.4 Å². The first kappa shape index (κ1) is 58.6. The van der Waals surface area contributed by atoms with Gasteiger partial charge in [-0.15, -0.1) is 43.1 Å². The van der Waals surface area contributed by atoms with E-state index in [4.69, 9.17) is 23.8 Å². The molecule has 0 saturated carbocycles. The number of aliphatic carboxylic acids is 1. The molecule has 0 aliphatic rings. The van der Waals surface area contributed by atoms with Gasteiger partial charge in [-0.05, 0) is 56.2 Å². The summed E-state index contributed by atoms with van der Waals surface area (Å²) in [5.74, 6) is -5.33. The van der Waals surface area contributed by atoms with Crippen LogP contribution in [0.15, 0.2) is 70.0 Å². The number of carboxylic acid groups (broad SMARTS) is 1. The Labute approximate surface area is 453 Å². The van der Waals surface area contributed by atoms with Crippen LogP contribution in [-0.4, -0.2) is 142 Å². The van der Waals surface area contributed by atoms with Gasteiger partial charge in [0.2, 0.25) is 43.6 Å². The Balaban J connectivity index is 0.000000231. The predicted octanol–water partition coefficient (Wildman–Crippen LogP) is 3.43. The number of nitrogens with zero attached hydrogens (tertiary/aromatic N) is 10. The molecule has 0 aliphatic carbocycles. The molecule has 0 aliphatic heterocycles. The Morgan fingerprint density at radius 1 is 0.692 bits per heavy atom. The molecule has 0 saturated heterocycles. The minimum absolute atomic E-state index is 0.118. The van der Waals surface area contributed by atoms with Crippen molar-refractivity contribution >= 4 is 101 Å². The highest BCUT2D eigenvalue weighted by atomic mass is 32.2. The van der Waals surface area contributed by atoms with Crippen LogP contribution >= 0.6 is 22.7 Å². The van der Waals surface area contributed by atoms with Gasteiger partial charge in [0.25, 0.3) is 0 Å². The molecular formula is C44H50N12O16S6. The molecule has 0 bridgehead atoms. The molecule has 2 unspecified atom stereocenters. The summed E-state index contributed by atoms with van der Waals surface area (Å²) in [4.78, 5) is 43.6. The quantitative estimate of drug-likeness (QED) is 0.0867. The number of carbonyl (C=O) groups excluding carboxylic acids is 2. The molecule has 8 rings (SSSR count). The molecule has 418 valence electrons. The highest BCUT2D eigenvalue weighted by Gasteiger charge is 2.39. The van der Waals surface area contributed by atoms with Crippen LogP contribution in [0.2, 0.25) is 0 Å². The van der Waals surface area contributed by atoms with Crippen molar-refractivity contribution in [3.63, 3.8) is 0 Å². The van der Waals surface area contributed by atoms with Crippen LogP contribution in [0.1, 0.15) is 77.7 Å². The first-order valence-electron chi connectivity index (χ1n) is 22.9. The van der Waals surface area contributed by atoms with Crippen molar-refractivity contribution in [2.24, 2.45) is 19.2 Å². The number of sulfonamides is 2. The fraction of sp³-hybridized carbons (Fsp3) is 0.386. The normalized spacial score (nSPS) is 13.2. The molecular weight excluding hydrogens is 1140 g/mol. The molecule has 0 fully saturated rings. The maximum Gasteiger partial charge on any atom is 0.421 e. The van der Waals surface area contributed by atoms with Crippen LogP contribution < -0.4 is 9.86 Å². The number of methoxy groups -OCH3 is 1. The standard InChI is InChI=1S/C25H30N6O9S3.C19H20N6O7S3/c1-25(2,3)40-24(33)30-43(36,37)11-8-19-28-29-22(39-19)21(42(34,35)10-9-20(32)38-5)23-27-17-7-6-15(12-18(17)41-23)16-13-26-31(4)14-16;1-25-10-12(9-21-25)11-2-3-13-14(8-11)33-19(22-13)17(34(28,29)6-5-16(26)27)18-24-23-15(32-18)4-7-35(20,30)31/h6-7,12-14,21H,8-11H2,1-5H3,(H,30,33);2-3,8-10,17H,4-7H2,1H3,(H,26,27)(H2,20,30,31). The molecule has 2 aromatic carbocycles. The molecule has 6 heterocycles. The second kappa shape index (κ2) is 23.5. The number of nitrogens with two attached hydrogens (primary N) is 1. The molecule has 1 amide bonds. The number of sulfone groups is 2. The summed E-state index contributed by atoms with van der Waals surface area (Å²) >= 11 is 2.20. The summed E-state index contributed by atoms with van der Waals surface area (Å²) in [6.07, 6.45) is 4.36. The number of thiazole rings is 2. The van der Waals surface area contributed by atoms with Gasteiger partial charge in [-0.2, -0.15) is 10.2 Å². The first-order valence-corrected chi connectivity index (χ1v) is 31.3. The fourth-order valence-electron chi connectivity index (χ4n) is 7.10. The summed E-state index contributed by atoms with van der Waals surface area (Å²) in [7, 11) is -11.5. The monoisotopic (exact) mass is 1190 g/mol. The minimum Gasteiger partial charge on any atom is -0.481 e. The lowest BCUT2D eigenvalue weighted by atomic mass is 10.1. The number of carboxylic acids is 1. The van der Waals surface area contributed by atoms with E-state index in [1.165, 1.54) is 0 Å². The Morgan fingerprint density at radius 3 is 1.56 bits per heavy atom. The zero-order chi connectivity index (χ0) is 57.0. The number of nitrogens with one attached hydrogen (secondary N) is 1. The van der Waals surface area contributed by atoms with Crippen LogP contribution in [-0.2, 0) is 85.7 Å². The van der Waals surface area contributed by atoms with Gasteiger partial charge in [0, 0.05) is 50.5 Å². The van der Waals surface area contributed by atoms with E-state index in [-0.39, 0.29) is 46.4 Å². The zero-order valence-electron chi connectivity index (χ0n) is 42.2. The zero-order valence-corrected chi connectivity index (χ0v) is 47.1. The summed E-state index contributed by atoms with van der Waals surface area (Å²) in [5, 5.41) is 34.8. The smallest absolute Gasteiger partial charge is 0.421 e. The van der Waals surface area contributed by atoms with E-state index < -0.39 is 110 Å². The number of hydrogen-bond donors (Lipinski definition) is 3. The van der Waals surface area contributed by atoms with Crippen LogP contribution in [0.3, 0.4) is 0 Å². The van der Waals surface area contributed by atoms with Crippen molar-refractivity contribution in [1.29, 1.82) is 0 Å². The van der Waals surface area contributed by atoms with Gasteiger partial charge in [-0.3, -0.25) is 19.0 Å². The van der Waals surface area contributed by atoms with Gasteiger partial charge in [0.1, 0.15) is 15.6 Å². The van der Waals surface area contributed by atoms with Crippen molar-refractivity contribution in [3.05, 3.63) is 94.8 Å². The summed E-state index contributed by atoms with van der Waals surface area (Å²) in [5.41, 5.74) is 3.59. The number of aromatic nitrogens is 10. The fourth-order valence-corrected chi connectivity index (χ4v) is 14.4. The van der Waals surface area contributed by atoms with E-state index in [1.54, 1.807) is 73.5 Å². The molecule has 4 N–H and O–H groups in total. The molecule has 78 heavy (non-hydrogen) atoms. The highest BCUT2D eigenvalue weighted by molar-refractivity contribution is 7.92. The number of aryl methyl sites for hydroxylation is 4. The largest absolute Gasteiger partial charge is 0.481 e. The Morgan fingerprint density at radius 2 is 1.15 bits per heavy atom. The molecule has 34 heteroatoms. The van der Waals surface area contributed by atoms with E-state index in [0.717, 1.165) is 52.0 Å². The predicted molar refractivity (Wildman–Crippen MR) is 281 cm³/mol. The topological polar surface area (TPSA) is 404 Å². The SMILES string of the molecule is COC(=O)CCS(=O)(=O)C(c1nnc(CCS(=O)(=O)NC(=O)OC(C)(C)C)o1)c1nc2ccc(-c3cnn(C)c3)cc2s1.Cn1cc(-c2ccc3nc(C(c4nnc(CCS(N)(=O)=O)o4)S(=O)(=O)CCC(=O)O)sc3c2)cn1. The minimum atomic E-state index is -4.16. The number of rotatable bonds is 21. The summed E-state index contributed by atoms with van der Waals surface area (Å²) in [6.45, 7) is 4.75. The van der Waals surface area contributed by atoms with Crippen molar-refractivity contribution in [3.8, 4) is 22.3 Å². The van der Waals surface area contributed by atoms with Crippen molar-refractivity contribution < 1.29 is 71.5 Å². The molecule has 8 aromatic rings. The lowest BCUT2D eigenvalue weighted by Gasteiger charge is -2.19. The molecule has 28 nitrogen and oxygen atoms in total. The number of hydrogen-bond acceptors (Lipinski definition) is 25. The number of ether oxygens (including phenoxy) is 2. The Hall–Kier alpha value is -7.11. The van der Waals surface area contributed by atoms with E-state index in [9.17, 15) is 48.1 Å². The Bertz CT molecular complexity index is 3970. The maximum absolute atomic E-state index is 13.5. The van der Waals surface area contributed by atoms with E-state index in [2.05, 4.69) is 45.3 Å². The lowest BCUT2D eigenvalue weighted by molar-refractivity contribution is -0.140. The van der Waals surface area contributed by atoms with E-state index >= 15 is 0 Å². The third kappa shape index (κ3) is 15.6. The third-order valence-electron chi connectivity index (χ3n) is 10.7. The van der Waals surface area contributed by atoms with Crippen molar-refractivity contribution in [2.75, 3.05) is 30.1 Å². The number of carbonyl (C=O) groups is 3. The number of benzene rings is 2. The van der Waals surface area contributed by atoms with Gasteiger partial charge in [-0.1, -0.05) is 12.1 Å². The van der Waals surface area contributed by atoms with Gasteiger partial charge >= 0.3 is 18.0 Å². The van der Waals surface area contributed by atoms with Gasteiger partial charge in [-0.25, -0.2) is 58.3 Å². The average Bonchev–Trinajstić information content (AvgIpc) is 4.27. The lowest BCUT2D eigenvalue weighted by Crippen LogP contribution is -2.37. The van der Waals surface area contributed by atoms with Crippen molar-refractivity contribution in [1.82, 2.24) is 54.6 Å². The van der Waals surface area contributed by atoms with Crippen molar-refractivity contribution in [2.45, 2.75) is 62.6 Å². The van der Waals surface area contributed by atoms with Gasteiger partial charge in [0.15, 0.2) is 30.2 Å². The molecule has 6 aromatic heterocycles. The number of amides is 1. The second-order valence-electron chi connectivity index (χ2n) is 18.1. The average molecular weight is 1200 g/mol. The number of fused-ring (bicyclic) bond motifs is 2. The van der Waals surface area contributed by atoms with Crippen LogP contribution in [0.5, 0.6) is 0 Å². The highest BCUT2D eigenvalue weighted by Crippen LogP contribution is 2.39. The van der Waals surface area contributed by atoms with Crippen LogP contribution in [0, 0.1) is 0 Å². The summed E-state index contributed by atoms with van der Waals surface area (Å²) < 4.78 is 128. The molecule has 2 atom stereocenters. The van der Waals surface area contributed by atoms with Crippen LogP contribution in [0.4, 0.5) is 4.79 Å². The van der Waals surface area contributed by atoms with E-state index in [0.29, 0.717) is 20.4 Å².